The summed E-state index contributed by atoms with van der Waals surface area (Å²) < 4.78 is 11.7. The van der Waals surface area contributed by atoms with Gasteiger partial charge < -0.3 is 14.4 Å². The summed E-state index contributed by atoms with van der Waals surface area (Å²) in [5.74, 6) is 0. The van der Waals surface area contributed by atoms with E-state index in [2.05, 4.69) is 67.3 Å². The third-order valence-electron chi connectivity index (χ3n) is 5.71. The van der Waals surface area contributed by atoms with Crippen molar-refractivity contribution in [1.29, 1.82) is 0 Å². The van der Waals surface area contributed by atoms with Crippen molar-refractivity contribution in [1.82, 2.24) is 4.90 Å². The average Bonchev–Trinajstić information content (AvgIpc) is 3.00. The molecule has 174 valence electrons. The van der Waals surface area contributed by atoms with Crippen LogP contribution >= 0.6 is 0 Å². The predicted octanol–water partition coefficient (Wildman–Crippen LogP) is 5.86. The van der Waals surface area contributed by atoms with E-state index in [9.17, 15) is 4.79 Å². The Morgan fingerprint density at radius 3 is 2.25 bits per heavy atom. The van der Waals surface area contributed by atoms with Gasteiger partial charge in [-0.05, 0) is 78.1 Å². The minimum absolute atomic E-state index is 0.0914. The molecule has 1 saturated heterocycles. The van der Waals surface area contributed by atoms with Crippen LogP contribution < -0.4 is 4.90 Å². The summed E-state index contributed by atoms with van der Waals surface area (Å²) in [6.45, 7) is 15.0. The highest BCUT2D eigenvalue weighted by Crippen LogP contribution is 2.31. The number of hydrogen-bond acceptors (Lipinski definition) is 4. The summed E-state index contributed by atoms with van der Waals surface area (Å²) in [6.07, 6.45) is 0.590. The number of anilines is 1. The molecular weight excluding hydrogens is 400 g/mol. The molecule has 0 radical (unpaired) electrons. The van der Waals surface area contributed by atoms with Gasteiger partial charge in [0.25, 0.3) is 0 Å². The van der Waals surface area contributed by atoms with Gasteiger partial charge in [0.15, 0.2) is 0 Å². The lowest BCUT2D eigenvalue weighted by Gasteiger charge is -2.38. The van der Waals surface area contributed by atoms with Crippen LogP contribution in [0.5, 0.6) is 0 Å². The van der Waals surface area contributed by atoms with E-state index in [-0.39, 0.29) is 18.2 Å². The maximum Gasteiger partial charge on any atom is 0.412 e. The molecule has 0 N–H and O–H groups in total. The zero-order valence-electron chi connectivity index (χ0n) is 20.6. The van der Waals surface area contributed by atoms with Crippen LogP contribution in [0.1, 0.15) is 59.6 Å². The molecule has 1 aliphatic heterocycles. The molecule has 1 atom stereocenters. The van der Waals surface area contributed by atoms with Gasteiger partial charge in [-0.1, -0.05) is 42.5 Å². The molecule has 5 heteroatoms. The van der Waals surface area contributed by atoms with E-state index in [0.717, 1.165) is 12.1 Å². The van der Waals surface area contributed by atoms with Crippen molar-refractivity contribution < 1.29 is 14.3 Å². The first kappa shape index (κ1) is 24.1. The van der Waals surface area contributed by atoms with E-state index < -0.39 is 11.3 Å². The fourth-order valence-corrected chi connectivity index (χ4v) is 4.18. The standard InChI is InChI=1S/C27H38N2O3/c1-20(2)28(23-15-13-22(14-16-23)17-21-11-9-8-10-12-21)18-24-19-31-27(6,7)29(24)25(30)32-26(3,4)5/h8-16,20,24H,17-19H2,1-7H3/t24-/m0/s1. The Morgan fingerprint density at radius 1 is 1.09 bits per heavy atom. The number of carbonyl (C=O) groups is 1. The fraction of sp³-hybridized carbons (Fsp3) is 0.519. The summed E-state index contributed by atoms with van der Waals surface area (Å²) >= 11 is 0. The van der Waals surface area contributed by atoms with Gasteiger partial charge in [-0.25, -0.2) is 4.79 Å². The normalized spacial score (nSPS) is 18.1. The largest absolute Gasteiger partial charge is 0.444 e. The summed E-state index contributed by atoms with van der Waals surface area (Å²) in [5, 5.41) is 0. The van der Waals surface area contributed by atoms with Crippen LogP contribution in [-0.4, -0.2) is 47.6 Å². The third-order valence-corrected chi connectivity index (χ3v) is 5.71. The zero-order valence-corrected chi connectivity index (χ0v) is 20.6. The maximum absolute atomic E-state index is 13.0. The number of ether oxygens (including phenoxy) is 2. The molecule has 1 fully saturated rings. The quantitative estimate of drug-likeness (QED) is 0.566. The van der Waals surface area contributed by atoms with Crippen molar-refractivity contribution in [2.75, 3.05) is 18.1 Å². The molecule has 0 saturated carbocycles. The molecule has 0 spiro atoms. The Labute approximate surface area is 193 Å². The molecule has 0 aromatic heterocycles. The van der Waals surface area contributed by atoms with E-state index in [1.54, 1.807) is 4.90 Å². The predicted molar refractivity (Wildman–Crippen MR) is 130 cm³/mol. The van der Waals surface area contributed by atoms with E-state index in [4.69, 9.17) is 9.47 Å². The molecule has 1 aliphatic rings. The second kappa shape index (κ2) is 9.53. The van der Waals surface area contributed by atoms with Gasteiger partial charge in [0, 0.05) is 18.3 Å². The highest BCUT2D eigenvalue weighted by molar-refractivity contribution is 5.70. The number of hydrogen-bond donors (Lipinski definition) is 0. The minimum atomic E-state index is -0.699. The van der Waals surface area contributed by atoms with Crippen molar-refractivity contribution in [2.24, 2.45) is 0 Å². The molecule has 0 unspecified atom stereocenters. The van der Waals surface area contributed by atoms with Gasteiger partial charge in [-0.3, -0.25) is 4.90 Å². The molecule has 0 aliphatic carbocycles. The fourth-order valence-electron chi connectivity index (χ4n) is 4.18. The van der Waals surface area contributed by atoms with Crippen LogP contribution in [0.2, 0.25) is 0 Å². The molecule has 5 nitrogen and oxygen atoms in total. The van der Waals surface area contributed by atoms with Gasteiger partial charge >= 0.3 is 6.09 Å². The Hall–Kier alpha value is -2.53. The molecular formula is C27H38N2O3. The second-order valence-electron chi connectivity index (χ2n) is 10.3. The van der Waals surface area contributed by atoms with Gasteiger partial charge in [-0.2, -0.15) is 0 Å². The highest BCUT2D eigenvalue weighted by Gasteiger charge is 2.46. The van der Waals surface area contributed by atoms with Crippen molar-refractivity contribution in [3.63, 3.8) is 0 Å². The molecule has 3 rings (SSSR count). The molecule has 2 aromatic rings. The van der Waals surface area contributed by atoms with Gasteiger partial charge in [0.1, 0.15) is 11.3 Å². The Kier molecular flexibility index (Phi) is 7.19. The van der Waals surface area contributed by atoms with Gasteiger partial charge in [-0.15, -0.1) is 0 Å². The SMILES string of the molecule is CC(C)N(C[C@H]1COC(C)(C)N1C(=O)OC(C)(C)C)c1ccc(Cc2ccccc2)cc1. The van der Waals surface area contributed by atoms with Crippen molar-refractivity contribution in [3.8, 4) is 0 Å². The molecule has 2 aromatic carbocycles. The number of carbonyl (C=O) groups excluding carboxylic acids is 1. The minimum Gasteiger partial charge on any atom is -0.444 e. The molecule has 0 bridgehead atoms. The first-order valence-electron chi connectivity index (χ1n) is 11.5. The number of rotatable bonds is 6. The lowest BCUT2D eigenvalue weighted by atomic mass is 10.0. The highest BCUT2D eigenvalue weighted by atomic mass is 16.6. The van der Waals surface area contributed by atoms with Crippen molar-refractivity contribution in [3.05, 3.63) is 65.7 Å². The Bertz CT molecular complexity index is 885. The number of nitrogens with zero attached hydrogens (tertiary/aromatic N) is 2. The molecule has 1 heterocycles. The van der Waals surface area contributed by atoms with Crippen LogP contribution in [0.15, 0.2) is 54.6 Å². The molecule has 32 heavy (non-hydrogen) atoms. The average molecular weight is 439 g/mol. The van der Waals surface area contributed by atoms with Gasteiger partial charge in [0.2, 0.25) is 0 Å². The first-order valence-corrected chi connectivity index (χ1v) is 11.5. The van der Waals surface area contributed by atoms with Crippen molar-refractivity contribution >= 4 is 11.8 Å². The lowest BCUT2D eigenvalue weighted by Crippen LogP contribution is -2.53. The van der Waals surface area contributed by atoms with Crippen molar-refractivity contribution in [2.45, 2.75) is 78.3 Å². The van der Waals surface area contributed by atoms with E-state index in [1.807, 2.05) is 40.7 Å². The summed E-state index contributed by atoms with van der Waals surface area (Å²) in [7, 11) is 0. The number of benzene rings is 2. The van der Waals surface area contributed by atoms with Crippen LogP contribution in [0, 0.1) is 0 Å². The van der Waals surface area contributed by atoms with Crippen LogP contribution in [0.4, 0.5) is 10.5 Å². The zero-order chi connectivity index (χ0) is 23.5. The second-order valence-corrected chi connectivity index (χ2v) is 10.3. The monoisotopic (exact) mass is 438 g/mol. The van der Waals surface area contributed by atoms with Crippen LogP contribution in [-0.2, 0) is 15.9 Å². The van der Waals surface area contributed by atoms with E-state index in [1.165, 1.54) is 11.1 Å². The summed E-state index contributed by atoms with van der Waals surface area (Å²) in [6, 6.07) is 19.4. The topological polar surface area (TPSA) is 42.0 Å². The van der Waals surface area contributed by atoms with E-state index in [0.29, 0.717) is 13.2 Å². The smallest absolute Gasteiger partial charge is 0.412 e. The Balaban J connectivity index is 1.76. The first-order chi connectivity index (χ1) is 15.0. The maximum atomic E-state index is 13.0. The van der Waals surface area contributed by atoms with Crippen LogP contribution in [0.25, 0.3) is 0 Å². The van der Waals surface area contributed by atoms with Gasteiger partial charge in [0.05, 0.1) is 12.6 Å². The lowest BCUT2D eigenvalue weighted by molar-refractivity contribution is -0.0622. The number of amides is 1. The summed E-state index contributed by atoms with van der Waals surface area (Å²) in [5.41, 5.74) is 2.48. The van der Waals surface area contributed by atoms with Crippen LogP contribution in [0.3, 0.4) is 0 Å². The van der Waals surface area contributed by atoms with E-state index >= 15 is 0 Å². The third kappa shape index (κ3) is 6.04. The molecule has 1 amide bonds. The summed E-state index contributed by atoms with van der Waals surface area (Å²) in [4.78, 5) is 17.1. The Morgan fingerprint density at radius 2 is 1.69 bits per heavy atom.